The van der Waals surface area contributed by atoms with E-state index in [0.29, 0.717) is 5.89 Å². The summed E-state index contributed by atoms with van der Waals surface area (Å²) in [7, 11) is 0. The quantitative estimate of drug-likeness (QED) is 0.243. The number of benzene rings is 4. The summed E-state index contributed by atoms with van der Waals surface area (Å²) in [6, 6.07) is 39.6. The Kier molecular flexibility index (Phi) is 4.76. The molecular weight excluding hydrogens is 480 g/mol. The van der Waals surface area contributed by atoms with Crippen molar-refractivity contribution in [3.05, 3.63) is 134 Å². The van der Waals surface area contributed by atoms with Crippen molar-refractivity contribution in [3.8, 4) is 34.1 Å². The molecule has 8 rings (SSSR count). The van der Waals surface area contributed by atoms with Gasteiger partial charge in [0, 0.05) is 51.9 Å². The number of oxazole rings is 1. The summed E-state index contributed by atoms with van der Waals surface area (Å²) in [6.07, 6.45) is 5.88. The molecule has 0 spiro atoms. The van der Waals surface area contributed by atoms with Gasteiger partial charge < -0.3 is 13.6 Å². The molecule has 0 saturated heterocycles. The standard InChI is InChI=1S/C34H22N4O/c1-2-12-31-27(10-1)28-15-13-24(34-36-30-22-25(14-16-33(30)39-34)37-18-5-6-19-37)21-32(28)38(31)26-9-7-8-23(20-26)29-11-3-4-17-35-29/h1-22H. The van der Waals surface area contributed by atoms with Crippen LogP contribution in [-0.2, 0) is 0 Å². The van der Waals surface area contributed by atoms with Gasteiger partial charge in [0.2, 0.25) is 5.89 Å². The molecule has 0 N–H and O–H groups in total. The molecule has 4 heterocycles. The first-order valence-corrected chi connectivity index (χ1v) is 12.9. The highest BCUT2D eigenvalue weighted by Crippen LogP contribution is 2.36. The molecule has 5 heteroatoms. The third-order valence-corrected chi connectivity index (χ3v) is 7.26. The molecule has 4 aromatic heterocycles. The summed E-state index contributed by atoms with van der Waals surface area (Å²) in [4.78, 5) is 9.43. The van der Waals surface area contributed by atoms with Crippen LogP contribution in [0.2, 0.25) is 0 Å². The van der Waals surface area contributed by atoms with Crippen LogP contribution < -0.4 is 0 Å². The molecule has 0 saturated carbocycles. The molecule has 0 amide bonds. The number of aromatic nitrogens is 4. The van der Waals surface area contributed by atoms with Crippen LogP contribution in [0.3, 0.4) is 0 Å². The lowest BCUT2D eigenvalue weighted by Crippen LogP contribution is -1.95. The molecule has 4 aromatic carbocycles. The van der Waals surface area contributed by atoms with Crippen LogP contribution in [-0.4, -0.2) is 19.1 Å². The lowest BCUT2D eigenvalue weighted by Gasteiger charge is -2.10. The van der Waals surface area contributed by atoms with Crippen LogP contribution in [0.1, 0.15) is 0 Å². The average molecular weight is 503 g/mol. The third-order valence-electron chi connectivity index (χ3n) is 7.26. The molecule has 184 valence electrons. The number of nitrogens with zero attached hydrogens (tertiary/aromatic N) is 4. The average Bonchev–Trinajstić information content (AvgIpc) is 3.75. The fourth-order valence-electron chi connectivity index (χ4n) is 5.43. The van der Waals surface area contributed by atoms with Gasteiger partial charge in [0.15, 0.2) is 5.58 Å². The molecule has 0 radical (unpaired) electrons. The molecule has 0 aliphatic carbocycles. The van der Waals surface area contributed by atoms with Gasteiger partial charge in [-0.05, 0) is 72.8 Å². The predicted octanol–water partition coefficient (Wildman–Crippen LogP) is 8.44. The fourth-order valence-corrected chi connectivity index (χ4v) is 5.43. The minimum atomic E-state index is 0.607. The largest absolute Gasteiger partial charge is 0.436 e. The van der Waals surface area contributed by atoms with Crippen molar-refractivity contribution < 1.29 is 4.42 Å². The summed E-state index contributed by atoms with van der Waals surface area (Å²) in [5.41, 5.74) is 8.94. The minimum absolute atomic E-state index is 0.607. The third kappa shape index (κ3) is 3.55. The van der Waals surface area contributed by atoms with Crippen molar-refractivity contribution in [1.29, 1.82) is 0 Å². The SMILES string of the molecule is c1ccc(-c2cccc(-n3c4ccccc4c4ccc(-c5nc6cc(-n7cccc7)ccc6o5)cc43)c2)nc1. The van der Waals surface area contributed by atoms with Gasteiger partial charge in [-0.25, -0.2) is 4.98 Å². The molecule has 0 atom stereocenters. The maximum absolute atomic E-state index is 6.23. The van der Waals surface area contributed by atoms with E-state index in [2.05, 4.69) is 86.9 Å². The maximum atomic E-state index is 6.23. The molecule has 8 aromatic rings. The van der Waals surface area contributed by atoms with Crippen LogP contribution in [0.15, 0.2) is 138 Å². The number of para-hydroxylation sites is 1. The minimum Gasteiger partial charge on any atom is -0.436 e. The van der Waals surface area contributed by atoms with Crippen molar-refractivity contribution in [1.82, 2.24) is 19.1 Å². The summed E-state index contributed by atoms with van der Waals surface area (Å²) < 4.78 is 10.6. The van der Waals surface area contributed by atoms with Crippen molar-refractivity contribution in [3.63, 3.8) is 0 Å². The summed E-state index contributed by atoms with van der Waals surface area (Å²) >= 11 is 0. The molecule has 5 nitrogen and oxygen atoms in total. The van der Waals surface area contributed by atoms with Crippen LogP contribution in [0.5, 0.6) is 0 Å². The molecule has 39 heavy (non-hydrogen) atoms. The highest BCUT2D eigenvalue weighted by Gasteiger charge is 2.16. The van der Waals surface area contributed by atoms with E-state index in [1.165, 1.54) is 10.8 Å². The molecular formula is C34H22N4O. The van der Waals surface area contributed by atoms with Gasteiger partial charge in [-0.3, -0.25) is 4.98 Å². The monoisotopic (exact) mass is 502 g/mol. The Balaban J connectivity index is 1.31. The summed E-state index contributed by atoms with van der Waals surface area (Å²) in [5, 5.41) is 2.39. The van der Waals surface area contributed by atoms with Crippen LogP contribution in [0, 0.1) is 0 Å². The Morgan fingerprint density at radius 2 is 1.46 bits per heavy atom. The van der Waals surface area contributed by atoms with Gasteiger partial charge >= 0.3 is 0 Å². The Hall–Kier alpha value is -5.42. The number of rotatable bonds is 4. The van der Waals surface area contributed by atoms with E-state index < -0.39 is 0 Å². The van der Waals surface area contributed by atoms with E-state index in [1.807, 2.05) is 61.1 Å². The summed E-state index contributed by atoms with van der Waals surface area (Å²) in [5.74, 6) is 0.607. The first-order valence-electron chi connectivity index (χ1n) is 12.9. The molecule has 0 fully saturated rings. The van der Waals surface area contributed by atoms with Gasteiger partial charge in [-0.15, -0.1) is 0 Å². The number of fused-ring (bicyclic) bond motifs is 4. The first-order chi connectivity index (χ1) is 19.3. The van der Waals surface area contributed by atoms with Crippen molar-refractivity contribution in [2.24, 2.45) is 0 Å². The second-order valence-electron chi connectivity index (χ2n) is 9.61. The molecule has 0 aliphatic heterocycles. The van der Waals surface area contributed by atoms with Gasteiger partial charge in [0.05, 0.1) is 16.7 Å². The van der Waals surface area contributed by atoms with E-state index in [1.54, 1.807) is 0 Å². The fraction of sp³-hybridized carbons (Fsp3) is 0. The highest BCUT2D eigenvalue weighted by molar-refractivity contribution is 6.10. The van der Waals surface area contributed by atoms with Crippen LogP contribution in [0.4, 0.5) is 0 Å². The van der Waals surface area contributed by atoms with Gasteiger partial charge in [-0.2, -0.15) is 0 Å². The normalized spacial score (nSPS) is 11.6. The molecule has 0 unspecified atom stereocenters. The highest BCUT2D eigenvalue weighted by atomic mass is 16.3. The van der Waals surface area contributed by atoms with Crippen molar-refractivity contribution in [2.75, 3.05) is 0 Å². The maximum Gasteiger partial charge on any atom is 0.227 e. The van der Waals surface area contributed by atoms with E-state index in [9.17, 15) is 0 Å². The van der Waals surface area contributed by atoms with Crippen molar-refractivity contribution >= 4 is 32.9 Å². The van der Waals surface area contributed by atoms with Crippen LogP contribution in [0.25, 0.3) is 67.0 Å². The van der Waals surface area contributed by atoms with Gasteiger partial charge in [0.1, 0.15) is 5.52 Å². The summed E-state index contributed by atoms with van der Waals surface area (Å²) in [6.45, 7) is 0. The Bertz CT molecular complexity index is 2120. The smallest absolute Gasteiger partial charge is 0.227 e. The Labute approximate surface area is 224 Å². The second-order valence-corrected chi connectivity index (χ2v) is 9.61. The Morgan fingerprint density at radius 3 is 2.36 bits per heavy atom. The van der Waals surface area contributed by atoms with Gasteiger partial charge in [-0.1, -0.05) is 42.5 Å². The first kappa shape index (κ1) is 21.6. The lowest BCUT2D eigenvalue weighted by atomic mass is 10.1. The zero-order chi connectivity index (χ0) is 25.8. The van der Waals surface area contributed by atoms with Crippen LogP contribution >= 0.6 is 0 Å². The van der Waals surface area contributed by atoms with E-state index in [-0.39, 0.29) is 0 Å². The zero-order valence-corrected chi connectivity index (χ0v) is 20.9. The van der Waals surface area contributed by atoms with E-state index in [4.69, 9.17) is 9.40 Å². The molecule has 0 aliphatic rings. The number of hydrogen-bond donors (Lipinski definition) is 0. The topological polar surface area (TPSA) is 48.8 Å². The van der Waals surface area contributed by atoms with Crippen molar-refractivity contribution in [2.45, 2.75) is 0 Å². The number of pyridine rings is 1. The lowest BCUT2D eigenvalue weighted by molar-refractivity contribution is 0.620. The molecule has 0 bridgehead atoms. The van der Waals surface area contributed by atoms with Gasteiger partial charge in [0.25, 0.3) is 0 Å². The zero-order valence-electron chi connectivity index (χ0n) is 20.9. The van der Waals surface area contributed by atoms with E-state index in [0.717, 1.165) is 50.3 Å². The second kappa shape index (κ2) is 8.57. The number of hydrogen-bond acceptors (Lipinski definition) is 3. The predicted molar refractivity (Wildman–Crippen MR) is 156 cm³/mol. The Morgan fingerprint density at radius 1 is 0.590 bits per heavy atom. The van der Waals surface area contributed by atoms with E-state index >= 15 is 0 Å².